The normalized spacial score (nSPS) is 43.0. The van der Waals surface area contributed by atoms with E-state index in [9.17, 15) is 0 Å². The second-order valence-electron chi connectivity index (χ2n) is 3.36. The summed E-state index contributed by atoms with van der Waals surface area (Å²) in [6, 6.07) is 0. The number of rotatable bonds is 2. The van der Waals surface area contributed by atoms with Gasteiger partial charge in [-0.05, 0) is 13.8 Å². The lowest BCUT2D eigenvalue weighted by Gasteiger charge is -2.37. The molecular formula is C9H18O3. The molecule has 12 heavy (non-hydrogen) atoms. The molecule has 1 aliphatic heterocycles. The molecular weight excluding hydrogens is 156 g/mol. The molecule has 0 N–H and O–H groups in total. The van der Waals surface area contributed by atoms with Crippen molar-refractivity contribution in [1.29, 1.82) is 0 Å². The van der Waals surface area contributed by atoms with Gasteiger partial charge < -0.3 is 14.2 Å². The van der Waals surface area contributed by atoms with Crippen molar-refractivity contribution in [3.8, 4) is 0 Å². The van der Waals surface area contributed by atoms with Crippen LogP contribution in [0.5, 0.6) is 0 Å². The monoisotopic (exact) mass is 174 g/mol. The molecule has 4 atom stereocenters. The van der Waals surface area contributed by atoms with Crippen LogP contribution in [0.2, 0.25) is 0 Å². The average Bonchev–Trinajstić information content (AvgIpc) is 2.03. The molecule has 0 radical (unpaired) electrons. The van der Waals surface area contributed by atoms with Gasteiger partial charge in [0.05, 0.1) is 18.3 Å². The second kappa shape index (κ2) is 4.21. The second-order valence-corrected chi connectivity index (χ2v) is 3.36. The van der Waals surface area contributed by atoms with E-state index in [1.165, 1.54) is 0 Å². The Labute approximate surface area is 74.0 Å². The van der Waals surface area contributed by atoms with E-state index in [0.717, 1.165) is 6.42 Å². The van der Waals surface area contributed by atoms with Gasteiger partial charge in [0.1, 0.15) is 6.10 Å². The van der Waals surface area contributed by atoms with Gasteiger partial charge in [-0.15, -0.1) is 0 Å². The maximum Gasteiger partial charge on any atom is 0.109 e. The van der Waals surface area contributed by atoms with Crippen molar-refractivity contribution in [3.05, 3.63) is 0 Å². The number of ether oxygens (including phenoxy) is 3. The summed E-state index contributed by atoms with van der Waals surface area (Å²) in [6.45, 7) is 4.09. The molecule has 0 aromatic rings. The largest absolute Gasteiger partial charge is 0.379 e. The summed E-state index contributed by atoms with van der Waals surface area (Å²) < 4.78 is 16.3. The first kappa shape index (κ1) is 9.96. The van der Waals surface area contributed by atoms with Crippen molar-refractivity contribution >= 4 is 0 Å². The Bertz CT molecular complexity index is 138. The number of hydrogen-bond acceptors (Lipinski definition) is 3. The highest BCUT2D eigenvalue weighted by molar-refractivity contribution is 4.83. The van der Waals surface area contributed by atoms with E-state index in [0.29, 0.717) is 0 Å². The van der Waals surface area contributed by atoms with E-state index in [4.69, 9.17) is 14.2 Å². The Hall–Kier alpha value is -0.120. The van der Waals surface area contributed by atoms with Crippen LogP contribution in [0.3, 0.4) is 0 Å². The maximum absolute atomic E-state index is 5.62. The Morgan fingerprint density at radius 3 is 2.33 bits per heavy atom. The summed E-state index contributed by atoms with van der Waals surface area (Å²) in [6.07, 6.45) is 1.57. The standard InChI is InChI=1S/C9H18O3/c1-6-5-8(10-3)9(11-4)7(2)12-6/h6-9H,5H2,1-4H3/t6-,7-,8-,9-/m0/s1. The zero-order valence-electron chi connectivity index (χ0n) is 8.24. The van der Waals surface area contributed by atoms with Crippen molar-refractivity contribution in [2.24, 2.45) is 0 Å². The lowest BCUT2D eigenvalue weighted by atomic mass is 9.99. The topological polar surface area (TPSA) is 27.7 Å². The van der Waals surface area contributed by atoms with Crippen molar-refractivity contribution in [2.75, 3.05) is 14.2 Å². The Kier molecular flexibility index (Phi) is 3.50. The Balaban J connectivity index is 2.56. The fourth-order valence-corrected chi connectivity index (χ4v) is 1.84. The third-order valence-corrected chi connectivity index (χ3v) is 2.42. The number of hydrogen-bond donors (Lipinski definition) is 0. The van der Waals surface area contributed by atoms with Crippen LogP contribution >= 0.6 is 0 Å². The summed E-state index contributed by atoms with van der Waals surface area (Å²) in [5, 5.41) is 0. The summed E-state index contributed by atoms with van der Waals surface area (Å²) in [5.74, 6) is 0. The zero-order valence-corrected chi connectivity index (χ0v) is 8.24. The van der Waals surface area contributed by atoms with Gasteiger partial charge in [0.25, 0.3) is 0 Å². The van der Waals surface area contributed by atoms with E-state index in [1.807, 2.05) is 6.92 Å². The highest BCUT2D eigenvalue weighted by Crippen LogP contribution is 2.23. The average molecular weight is 174 g/mol. The van der Waals surface area contributed by atoms with Crippen LogP contribution < -0.4 is 0 Å². The van der Waals surface area contributed by atoms with E-state index < -0.39 is 0 Å². The first-order chi connectivity index (χ1) is 5.69. The zero-order chi connectivity index (χ0) is 9.14. The van der Waals surface area contributed by atoms with Gasteiger partial charge in [-0.3, -0.25) is 0 Å². The molecule has 0 saturated carbocycles. The molecule has 1 rings (SSSR count). The van der Waals surface area contributed by atoms with Gasteiger partial charge in [-0.1, -0.05) is 0 Å². The minimum Gasteiger partial charge on any atom is -0.379 e. The molecule has 1 saturated heterocycles. The highest BCUT2D eigenvalue weighted by Gasteiger charge is 2.34. The SMILES string of the molecule is CO[C@H]1[C@H](C)O[C@@H](C)C[C@@H]1OC. The van der Waals surface area contributed by atoms with Crippen LogP contribution in [0, 0.1) is 0 Å². The molecule has 0 aromatic carbocycles. The van der Waals surface area contributed by atoms with Crippen LogP contribution in [-0.2, 0) is 14.2 Å². The molecule has 0 unspecified atom stereocenters. The lowest BCUT2D eigenvalue weighted by Crippen LogP contribution is -2.47. The number of methoxy groups -OCH3 is 2. The molecule has 0 amide bonds. The smallest absolute Gasteiger partial charge is 0.109 e. The minimum absolute atomic E-state index is 0.0752. The Morgan fingerprint density at radius 2 is 1.83 bits per heavy atom. The lowest BCUT2D eigenvalue weighted by molar-refractivity contribution is -0.176. The van der Waals surface area contributed by atoms with Crippen molar-refractivity contribution in [2.45, 2.75) is 44.7 Å². The van der Waals surface area contributed by atoms with E-state index >= 15 is 0 Å². The van der Waals surface area contributed by atoms with Crippen LogP contribution in [0.25, 0.3) is 0 Å². The summed E-state index contributed by atoms with van der Waals surface area (Å²) in [5.41, 5.74) is 0. The predicted octanol–water partition coefficient (Wildman–Crippen LogP) is 1.21. The first-order valence-electron chi connectivity index (χ1n) is 4.40. The summed E-state index contributed by atoms with van der Waals surface area (Å²) in [7, 11) is 3.42. The summed E-state index contributed by atoms with van der Waals surface area (Å²) in [4.78, 5) is 0. The predicted molar refractivity (Wildman–Crippen MR) is 46.2 cm³/mol. The molecule has 1 fully saturated rings. The molecule has 0 spiro atoms. The van der Waals surface area contributed by atoms with Gasteiger partial charge in [-0.25, -0.2) is 0 Å². The fourth-order valence-electron chi connectivity index (χ4n) is 1.84. The molecule has 1 aliphatic rings. The highest BCUT2D eigenvalue weighted by atomic mass is 16.6. The third-order valence-electron chi connectivity index (χ3n) is 2.42. The molecule has 0 aliphatic carbocycles. The molecule has 3 heteroatoms. The van der Waals surface area contributed by atoms with Crippen LogP contribution in [0.15, 0.2) is 0 Å². The molecule has 0 aromatic heterocycles. The Morgan fingerprint density at radius 1 is 1.17 bits per heavy atom. The van der Waals surface area contributed by atoms with Gasteiger partial charge in [0.2, 0.25) is 0 Å². The van der Waals surface area contributed by atoms with Crippen LogP contribution in [-0.4, -0.2) is 38.6 Å². The van der Waals surface area contributed by atoms with Gasteiger partial charge >= 0.3 is 0 Å². The van der Waals surface area contributed by atoms with Crippen molar-refractivity contribution < 1.29 is 14.2 Å². The molecule has 72 valence electrons. The van der Waals surface area contributed by atoms with E-state index in [-0.39, 0.29) is 24.4 Å². The van der Waals surface area contributed by atoms with Crippen molar-refractivity contribution in [3.63, 3.8) is 0 Å². The molecule has 0 bridgehead atoms. The van der Waals surface area contributed by atoms with E-state index in [2.05, 4.69) is 6.92 Å². The third kappa shape index (κ3) is 1.97. The summed E-state index contributed by atoms with van der Waals surface area (Å²) >= 11 is 0. The van der Waals surface area contributed by atoms with Crippen LogP contribution in [0.4, 0.5) is 0 Å². The van der Waals surface area contributed by atoms with Gasteiger partial charge in [0.15, 0.2) is 0 Å². The van der Waals surface area contributed by atoms with Gasteiger partial charge in [0, 0.05) is 20.6 Å². The van der Waals surface area contributed by atoms with Crippen molar-refractivity contribution in [1.82, 2.24) is 0 Å². The molecule has 1 heterocycles. The van der Waals surface area contributed by atoms with Gasteiger partial charge in [-0.2, -0.15) is 0 Å². The minimum atomic E-state index is 0.0752. The quantitative estimate of drug-likeness (QED) is 0.630. The van der Waals surface area contributed by atoms with Crippen LogP contribution in [0.1, 0.15) is 20.3 Å². The maximum atomic E-state index is 5.62. The fraction of sp³-hybridized carbons (Fsp3) is 1.00. The molecule has 3 nitrogen and oxygen atoms in total. The van der Waals surface area contributed by atoms with E-state index in [1.54, 1.807) is 14.2 Å². The first-order valence-corrected chi connectivity index (χ1v) is 4.40.